The largest absolute Gasteiger partial charge is 0.480 e. The molecule has 1 aromatic heterocycles. The van der Waals surface area contributed by atoms with Crippen LogP contribution in [0.1, 0.15) is 17.7 Å². The number of carboxylic acids is 1. The number of carbonyl (C=O) groups is 2. The zero-order valence-electron chi connectivity index (χ0n) is 9.53. The first-order valence-corrected chi connectivity index (χ1v) is 6.75. The minimum atomic E-state index is -1.03. The molecule has 0 aromatic carbocycles. The predicted molar refractivity (Wildman–Crippen MR) is 69.2 cm³/mol. The van der Waals surface area contributed by atoms with Gasteiger partial charge in [-0.1, -0.05) is 11.6 Å². The van der Waals surface area contributed by atoms with Crippen molar-refractivity contribution in [3.8, 4) is 0 Å². The van der Waals surface area contributed by atoms with Crippen molar-refractivity contribution in [1.29, 1.82) is 0 Å². The fourth-order valence-corrected chi connectivity index (χ4v) is 2.65. The zero-order valence-corrected chi connectivity index (χ0v) is 11.1. The van der Waals surface area contributed by atoms with E-state index in [9.17, 15) is 9.59 Å². The molecule has 1 saturated carbocycles. The molecule has 2 amide bonds. The molecule has 5 nitrogen and oxygen atoms in total. The third-order valence-corrected chi connectivity index (χ3v) is 4.09. The molecular formula is C11H13ClN2O3S. The summed E-state index contributed by atoms with van der Waals surface area (Å²) < 4.78 is 0.720. The lowest BCUT2D eigenvalue weighted by Gasteiger charge is -2.12. The quantitative estimate of drug-likeness (QED) is 0.774. The maximum atomic E-state index is 11.5. The summed E-state index contributed by atoms with van der Waals surface area (Å²) >= 11 is 7.26. The van der Waals surface area contributed by atoms with Crippen LogP contribution < -0.4 is 10.6 Å². The summed E-state index contributed by atoms with van der Waals surface area (Å²) in [5.41, 5.74) is -1.03. The third-order valence-electron chi connectivity index (χ3n) is 2.80. The van der Waals surface area contributed by atoms with Crippen LogP contribution in [0.3, 0.4) is 0 Å². The molecule has 2 rings (SSSR count). The van der Waals surface area contributed by atoms with E-state index in [2.05, 4.69) is 10.6 Å². The number of hydrogen-bond acceptors (Lipinski definition) is 3. The van der Waals surface area contributed by atoms with Crippen LogP contribution in [0.5, 0.6) is 0 Å². The standard InChI is InChI=1S/C11H13ClN2O3S/c12-8-2-1-7(18-8)3-6-13-10(17)14-11(4-5-11)9(15)16/h1-2H,3-6H2,(H,15,16)(H2,13,14,17). The van der Waals surface area contributed by atoms with Gasteiger partial charge in [-0.05, 0) is 31.4 Å². The van der Waals surface area contributed by atoms with Gasteiger partial charge in [0.2, 0.25) is 0 Å². The van der Waals surface area contributed by atoms with Crippen LogP contribution in [0.25, 0.3) is 0 Å². The Kier molecular flexibility index (Phi) is 3.77. The molecular weight excluding hydrogens is 276 g/mol. The Balaban J connectivity index is 1.71. The Morgan fingerprint density at radius 1 is 1.44 bits per heavy atom. The lowest BCUT2D eigenvalue weighted by atomic mass is 10.3. The minimum Gasteiger partial charge on any atom is -0.480 e. The maximum Gasteiger partial charge on any atom is 0.329 e. The number of rotatable bonds is 5. The Morgan fingerprint density at radius 2 is 2.17 bits per heavy atom. The van der Waals surface area contributed by atoms with E-state index in [0.29, 0.717) is 25.8 Å². The van der Waals surface area contributed by atoms with Gasteiger partial charge in [-0.3, -0.25) is 0 Å². The fourth-order valence-electron chi connectivity index (χ4n) is 1.56. The van der Waals surface area contributed by atoms with Crippen LogP contribution in [0, 0.1) is 0 Å². The summed E-state index contributed by atoms with van der Waals surface area (Å²) in [6.07, 6.45) is 1.68. The molecule has 1 fully saturated rings. The molecule has 0 aliphatic heterocycles. The topological polar surface area (TPSA) is 78.4 Å². The van der Waals surface area contributed by atoms with E-state index in [1.807, 2.05) is 12.1 Å². The Bertz CT molecular complexity index is 471. The molecule has 0 radical (unpaired) electrons. The molecule has 0 unspecified atom stereocenters. The number of thiophene rings is 1. The van der Waals surface area contributed by atoms with E-state index >= 15 is 0 Å². The molecule has 1 aliphatic rings. The number of hydrogen-bond donors (Lipinski definition) is 3. The zero-order chi connectivity index (χ0) is 13.2. The number of nitrogens with one attached hydrogen (secondary N) is 2. The molecule has 1 aliphatic carbocycles. The smallest absolute Gasteiger partial charge is 0.329 e. The number of urea groups is 1. The molecule has 0 bridgehead atoms. The van der Waals surface area contributed by atoms with Gasteiger partial charge in [-0.15, -0.1) is 11.3 Å². The van der Waals surface area contributed by atoms with Gasteiger partial charge >= 0.3 is 12.0 Å². The summed E-state index contributed by atoms with van der Waals surface area (Å²) in [6, 6.07) is 3.29. The van der Waals surface area contributed by atoms with Crippen LogP contribution in [0.2, 0.25) is 4.34 Å². The normalized spacial score (nSPS) is 16.1. The maximum absolute atomic E-state index is 11.5. The van der Waals surface area contributed by atoms with Gasteiger partial charge < -0.3 is 15.7 Å². The first-order chi connectivity index (χ1) is 8.52. The van der Waals surface area contributed by atoms with Crippen molar-refractivity contribution in [2.45, 2.75) is 24.8 Å². The van der Waals surface area contributed by atoms with Gasteiger partial charge in [0.25, 0.3) is 0 Å². The van der Waals surface area contributed by atoms with Gasteiger partial charge in [-0.25, -0.2) is 9.59 Å². The lowest BCUT2D eigenvalue weighted by molar-refractivity contribution is -0.140. The molecule has 3 N–H and O–H groups in total. The second-order valence-corrected chi connectivity index (χ2v) is 6.02. The fraction of sp³-hybridized carbons (Fsp3) is 0.455. The van der Waals surface area contributed by atoms with Crippen molar-refractivity contribution in [3.63, 3.8) is 0 Å². The second kappa shape index (κ2) is 5.16. The molecule has 0 atom stereocenters. The molecule has 0 spiro atoms. The Hall–Kier alpha value is -1.27. The lowest BCUT2D eigenvalue weighted by Crippen LogP contribution is -2.48. The van der Waals surface area contributed by atoms with Gasteiger partial charge in [0, 0.05) is 11.4 Å². The van der Waals surface area contributed by atoms with Crippen LogP contribution in [-0.2, 0) is 11.2 Å². The Morgan fingerprint density at radius 3 is 2.67 bits per heavy atom. The van der Waals surface area contributed by atoms with Crippen molar-refractivity contribution in [2.24, 2.45) is 0 Å². The van der Waals surface area contributed by atoms with E-state index in [-0.39, 0.29) is 0 Å². The van der Waals surface area contributed by atoms with Crippen molar-refractivity contribution in [3.05, 3.63) is 21.3 Å². The van der Waals surface area contributed by atoms with E-state index in [1.54, 1.807) is 0 Å². The highest BCUT2D eigenvalue weighted by molar-refractivity contribution is 7.16. The van der Waals surface area contributed by atoms with Crippen LogP contribution in [-0.4, -0.2) is 29.2 Å². The molecule has 1 heterocycles. The van der Waals surface area contributed by atoms with Crippen LogP contribution in [0.15, 0.2) is 12.1 Å². The second-order valence-electron chi connectivity index (χ2n) is 4.22. The van der Waals surface area contributed by atoms with E-state index < -0.39 is 17.5 Å². The highest BCUT2D eigenvalue weighted by Gasteiger charge is 2.51. The first kappa shape index (κ1) is 13.2. The summed E-state index contributed by atoms with van der Waals surface area (Å²) in [5, 5.41) is 14.0. The molecule has 98 valence electrons. The highest BCUT2D eigenvalue weighted by Crippen LogP contribution is 2.35. The number of halogens is 1. The highest BCUT2D eigenvalue weighted by atomic mass is 35.5. The molecule has 1 aromatic rings. The average molecular weight is 289 g/mol. The number of carbonyl (C=O) groups excluding carboxylic acids is 1. The summed E-state index contributed by atoms with van der Waals surface area (Å²) in [6.45, 7) is 0.457. The van der Waals surface area contributed by atoms with Crippen molar-refractivity contribution < 1.29 is 14.7 Å². The average Bonchev–Trinajstić information content (AvgIpc) is 2.96. The summed E-state index contributed by atoms with van der Waals surface area (Å²) in [5.74, 6) is -0.970. The number of aliphatic carboxylic acids is 1. The van der Waals surface area contributed by atoms with Gasteiger partial charge in [0.15, 0.2) is 0 Å². The van der Waals surface area contributed by atoms with Crippen LogP contribution in [0.4, 0.5) is 4.79 Å². The van der Waals surface area contributed by atoms with E-state index in [0.717, 1.165) is 9.21 Å². The van der Waals surface area contributed by atoms with E-state index in [1.165, 1.54) is 11.3 Å². The SMILES string of the molecule is O=C(NCCc1ccc(Cl)s1)NC1(C(=O)O)CC1. The van der Waals surface area contributed by atoms with Crippen molar-refractivity contribution >= 4 is 34.9 Å². The summed E-state index contributed by atoms with van der Waals surface area (Å²) in [7, 11) is 0. The molecule has 7 heteroatoms. The van der Waals surface area contributed by atoms with Crippen molar-refractivity contribution in [1.82, 2.24) is 10.6 Å². The van der Waals surface area contributed by atoms with Gasteiger partial charge in [-0.2, -0.15) is 0 Å². The first-order valence-electron chi connectivity index (χ1n) is 5.55. The van der Waals surface area contributed by atoms with Gasteiger partial charge in [0.05, 0.1) is 4.34 Å². The minimum absolute atomic E-state index is 0.433. The number of carboxylic acid groups (broad SMARTS) is 1. The molecule has 18 heavy (non-hydrogen) atoms. The van der Waals surface area contributed by atoms with Crippen molar-refractivity contribution in [2.75, 3.05) is 6.54 Å². The summed E-state index contributed by atoms with van der Waals surface area (Å²) in [4.78, 5) is 23.4. The van der Waals surface area contributed by atoms with Gasteiger partial charge in [0.1, 0.15) is 5.54 Å². The predicted octanol–water partition coefficient (Wildman–Crippen LogP) is 1.86. The Labute approximate surface area is 113 Å². The monoisotopic (exact) mass is 288 g/mol. The molecule has 0 saturated heterocycles. The number of amides is 2. The third kappa shape index (κ3) is 3.14. The van der Waals surface area contributed by atoms with E-state index in [4.69, 9.17) is 16.7 Å². The van der Waals surface area contributed by atoms with Crippen LogP contribution >= 0.6 is 22.9 Å².